The number of rotatable bonds is 0. The average Bonchev–Trinajstić information content (AvgIpc) is 2.62. The summed E-state index contributed by atoms with van der Waals surface area (Å²) in [6.07, 6.45) is 0. The van der Waals surface area contributed by atoms with E-state index in [2.05, 4.69) is 55.1 Å². The van der Waals surface area contributed by atoms with E-state index in [0.29, 0.717) is 5.92 Å². The second-order valence-corrected chi connectivity index (χ2v) is 5.30. The molecule has 0 amide bonds. The van der Waals surface area contributed by atoms with Gasteiger partial charge in [0.1, 0.15) is 11.6 Å². The minimum Gasteiger partial charge on any atom is -0.383 e. The number of hydrogen-bond donors (Lipinski definition) is 1. The number of aryl methyl sites for hydroxylation is 1. The Bertz CT molecular complexity index is 576. The molecule has 1 N–H and O–H groups in total. The van der Waals surface area contributed by atoms with Gasteiger partial charge in [0, 0.05) is 16.9 Å². The van der Waals surface area contributed by atoms with E-state index in [0.717, 1.165) is 34.0 Å². The van der Waals surface area contributed by atoms with Crippen LogP contribution in [0.5, 0.6) is 0 Å². The minimum absolute atomic E-state index is 0.349. The van der Waals surface area contributed by atoms with Crippen molar-refractivity contribution in [2.24, 2.45) is 0 Å². The van der Waals surface area contributed by atoms with Crippen LogP contribution in [0.3, 0.4) is 0 Å². The molecule has 17 heavy (non-hydrogen) atoms. The fourth-order valence-corrected chi connectivity index (χ4v) is 2.56. The molecule has 1 aromatic heterocycles. The molecule has 88 valence electrons. The van der Waals surface area contributed by atoms with Crippen LogP contribution in [-0.4, -0.2) is 21.3 Å². The summed E-state index contributed by atoms with van der Waals surface area (Å²) in [7, 11) is 0. The molecule has 1 aliphatic heterocycles. The number of fused-ring (bicyclic) bond motifs is 3. The largest absolute Gasteiger partial charge is 0.383 e. The second-order valence-electron chi connectivity index (χ2n) is 4.38. The Kier molecular flexibility index (Phi) is 2.43. The Balaban J connectivity index is 2.29. The van der Waals surface area contributed by atoms with Gasteiger partial charge in [-0.15, -0.1) is 10.2 Å². The van der Waals surface area contributed by atoms with Crippen molar-refractivity contribution >= 4 is 21.6 Å². The Morgan fingerprint density at radius 1 is 1.41 bits per heavy atom. The summed E-state index contributed by atoms with van der Waals surface area (Å²) >= 11 is 3.50. The normalized spacial score (nSPS) is 17.9. The van der Waals surface area contributed by atoms with Crippen LogP contribution in [0.1, 0.15) is 24.5 Å². The standard InChI is InChI=1S/C12H13BrN4/c1-7-6-14-10-5-9(13)3-4-11(10)17-8(2)15-16-12(7)17/h3-5,7,14H,6H2,1-2H3. The zero-order chi connectivity index (χ0) is 12.0. The molecule has 1 atom stereocenters. The number of halogens is 1. The van der Waals surface area contributed by atoms with Crippen LogP contribution in [-0.2, 0) is 0 Å². The maximum absolute atomic E-state index is 4.28. The summed E-state index contributed by atoms with van der Waals surface area (Å²) in [6.45, 7) is 5.02. The number of aromatic nitrogens is 3. The van der Waals surface area contributed by atoms with Crippen LogP contribution in [0, 0.1) is 6.92 Å². The summed E-state index contributed by atoms with van der Waals surface area (Å²) in [4.78, 5) is 0. The number of benzene rings is 1. The Morgan fingerprint density at radius 2 is 2.24 bits per heavy atom. The molecule has 0 radical (unpaired) electrons. The lowest BCUT2D eigenvalue weighted by Crippen LogP contribution is -2.09. The van der Waals surface area contributed by atoms with Crippen molar-refractivity contribution in [3.63, 3.8) is 0 Å². The lowest BCUT2D eigenvalue weighted by molar-refractivity contribution is 0.722. The minimum atomic E-state index is 0.349. The fourth-order valence-electron chi connectivity index (χ4n) is 2.19. The Labute approximate surface area is 108 Å². The molecule has 1 aliphatic rings. The van der Waals surface area contributed by atoms with Crippen LogP contribution >= 0.6 is 15.9 Å². The van der Waals surface area contributed by atoms with Gasteiger partial charge < -0.3 is 5.32 Å². The topological polar surface area (TPSA) is 42.7 Å². The van der Waals surface area contributed by atoms with Crippen molar-refractivity contribution in [1.82, 2.24) is 14.8 Å². The molecule has 0 bridgehead atoms. The third-order valence-electron chi connectivity index (χ3n) is 3.09. The summed E-state index contributed by atoms with van der Waals surface area (Å²) in [5.41, 5.74) is 2.24. The van der Waals surface area contributed by atoms with Gasteiger partial charge in [-0.1, -0.05) is 22.9 Å². The first-order valence-electron chi connectivity index (χ1n) is 5.62. The number of nitrogens with zero attached hydrogens (tertiary/aromatic N) is 3. The van der Waals surface area contributed by atoms with Crippen molar-refractivity contribution < 1.29 is 0 Å². The first-order chi connectivity index (χ1) is 8.16. The van der Waals surface area contributed by atoms with Crippen LogP contribution in [0.2, 0.25) is 0 Å². The van der Waals surface area contributed by atoms with E-state index in [9.17, 15) is 0 Å². The Morgan fingerprint density at radius 3 is 3.06 bits per heavy atom. The van der Waals surface area contributed by atoms with E-state index in [1.165, 1.54) is 0 Å². The molecule has 0 aliphatic carbocycles. The molecule has 5 heteroatoms. The smallest absolute Gasteiger partial charge is 0.142 e. The van der Waals surface area contributed by atoms with Crippen molar-refractivity contribution in [1.29, 1.82) is 0 Å². The molecular formula is C12H13BrN4. The van der Waals surface area contributed by atoms with E-state index in [-0.39, 0.29) is 0 Å². The molecular weight excluding hydrogens is 280 g/mol. The predicted molar refractivity (Wildman–Crippen MR) is 70.7 cm³/mol. The van der Waals surface area contributed by atoms with Gasteiger partial charge in [0.2, 0.25) is 0 Å². The van der Waals surface area contributed by atoms with Gasteiger partial charge in [0.05, 0.1) is 11.4 Å². The summed E-state index contributed by atoms with van der Waals surface area (Å²) in [5, 5.41) is 11.9. The van der Waals surface area contributed by atoms with Gasteiger partial charge in [-0.25, -0.2) is 0 Å². The fraction of sp³-hybridized carbons (Fsp3) is 0.333. The third-order valence-corrected chi connectivity index (χ3v) is 3.58. The van der Waals surface area contributed by atoms with E-state index < -0.39 is 0 Å². The van der Waals surface area contributed by atoms with E-state index in [1.54, 1.807) is 0 Å². The highest BCUT2D eigenvalue weighted by Gasteiger charge is 2.22. The van der Waals surface area contributed by atoms with Gasteiger partial charge in [-0.05, 0) is 25.1 Å². The SMILES string of the molecule is Cc1nnc2n1-c1ccc(Br)cc1NCC2C. The molecule has 0 fully saturated rings. The van der Waals surface area contributed by atoms with Crippen molar-refractivity contribution in [3.8, 4) is 5.69 Å². The molecule has 3 rings (SSSR count). The highest BCUT2D eigenvalue weighted by molar-refractivity contribution is 9.10. The first kappa shape index (κ1) is 10.8. The molecule has 4 nitrogen and oxygen atoms in total. The lowest BCUT2D eigenvalue weighted by atomic mass is 10.2. The summed E-state index contributed by atoms with van der Waals surface area (Å²) in [6, 6.07) is 6.22. The highest BCUT2D eigenvalue weighted by Crippen LogP contribution is 2.31. The number of nitrogens with one attached hydrogen (secondary N) is 1. The van der Waals surface area contributed by atoms with E-state index >= 15 is 0 Å². The average molecular weight is 293 g/mol. The maximum atomic E-state index is 4.28. The van der Waals surface area contributed by atoms with E-state index in [1.807, 2.05) is 13.0 Å². The van der Waals surface area contributed by atoms with Crippen LogP contribution < -0.4 is 5.32 Å². The van der Waals surface area contributed by atoms with Crippen LogP contribution in [0.25, 0.3) is 5.69 Å². The predicted octanol–water partition coefficient (Wildman–Crippen LogP) is 2.87. The van der Waals surface area contributed by atoms with Crippen molar-refractivity contribution in [3.05, 3.63) is 34.3 Å². The quantitative estimate of drug-likeness (QED) is 0.812. The molecule has 0 saturated heterocycles. The monoisotopic (exact) mass is 292 g/mol. The zero-order valence-corrected chi connectivity index (χ0v) is 11.3. The first-order valence-corrected chi connectivity index (χ1v) is 6.42. The molecule has 0 saturated carbocycles. The molecule has 1 aromatic carbocycles. The number of hydrogen-bond acceptors (Lipinski definition) is 3. The van der Waals surface area contributed by atoms with Gasteiger partial charge >= 0.3 is 0 Å². The van der Waals surface area contributed by atoms with Crippen LogP contribution in [0.4, 0.5) is 5.69 Å². The van der Waals surface area contributed by atoms with Gasteiger partial charge in [0.25, 0.3) is 0 Å². The van der Waals surface area contributed by atoms with Crippen LogP contribution in [0.15, 0.2) is 22.7 Å². The van der Waals surface area contributed by atoms with Gasteiger partial charge in [0.15, 0.2) is 0 Å². The zero-order valence-electron chi connectivity index (χ0n) is 9.74. The van der Waals surface area contributed by atoms with Gasteiger partial charge in [-0.3, -0.25) is 4.57 Å². The maximum Gasteiger partial charge on any atom is 0.142 e. The molecule has 0 spiro atoms. The lowest BCUT2D eigenvalue weighted by Gasteiger charge is -2.10. The second kappa shape index (κ2) is 3.84. The number of anilines is 1. The highest BCUT2D eigenvalue weighted by atomic mass is 79.9. The summed E-state index contributed by atoms with van der Waals surface area (Å²) < 4.78 is 3.21. The Hall–Kier alpha value is -1.36. The van der Waals surface area contributed by atoms with Crippen molar-refractivity contribution in [2.75, 3.05) is 11.9 Å². The van der Waals surface area contributed by atoms with Gasteiger partial charge in [-0.2, -0.15) is 0 Å². The van der Waals surface area contributed by atoms with Crippen molar-refractivity contribution in [2.45, 2.75) is 19.8 Å². The third kappa shape index (κ3) is 1.65. The molecule has 2 heterocycles. The van der Waals surface area contributed by atoms with E-state index in [4.69, 9.17) is 0 Å². The molecule has 1 unspecified atom stereocenters. The summed E-state index contributed by atoms with van der Waals surface area (Å²) in [5.74, 6) is 2.30. The molecule has 2 aromatic rings.